The Balaban J connectivity index is 1.93. The standard InChI is InChI=1S/C20H22F2N2O2S/c1-4-24(16-9-10-17(21)18(22)11-16)20(26)14(3)27-12-19(25)23-15-7-5-13(2)6-8-15/h5-11,14H,4,12H2,1-3H3,(H,23,25). The van der Waals surface area contributed by atoms with Crippen LogP contribution in [0.1, 0.15) is 19.4 Å². The van der Waals surface area contributed by atoms with E-state index in [0.717, 1.165) is 17.7 Å². The third kappa shape index (κ3) is 5.79. The van der Waals surface area contributed by atoms with Crippen LogP contribution >= 0.6 is 11.8 Å². The first-order valence-electron chi connectivity index (χ1n) is 8.56. The lowest BCUT2D eigenvalue weighted by atomic mass is 10.2. The fourth-order valence-electron chi connectivity index (χ4n) is 2.44. The molecule has 2 rings (SSSR count). The van der Waals surface area contributed by atoms with Gasteiger partial charge in [-0.3, -0.25) is 9.59 Å². The summed E-state index contributed by atoms with van der Waals surface area (Å²) in [5.74, 6) is -2.33. The van der Waals surface area contributed by atoms with Crippen molar-refractivity contribution in [3.8, 4) is 0 Å². The Kier molecular flexibility index (Phi) is 7.36. The highest BCUT2D eigenvalue weighted by Gasteiger charge is 2.23. The van der Waals surface area contributed by atoms with Gasteiger partial charge in [0.05, 0.1) is 11.0 Å². The van der Waals surface area contributed by atoms with Gasteiger partial charge in [0.2, 0.25) is 11.8 Å². The first kappa shape index (κ1) is 20.9. The summed E-state index contributed by atoms with van der Waals surface area (Å²) in [5, 5.41) is 2.26. The maximum absolute atomic E-state index is 13.5. The predicted molar refractivity (Wildman–Crippen MR) is 106 cm³/mol. The number of aryl methyl sites for hydroxylation is 1. The SMILES string of the molecule is CCN(C(=O)C(C)SCC(=O)Nc1ccc(C)cc1)c1ccc(F)c(F)c1. The molecule has 2 aromatic carbocycles. The number of carbonyl (C=O) groups is 2. The Morgan fingerprint density at radius 1 is 1.11 bits per heavy atom. The molecule has 1 unspecified atom stereocenters. The van der Waals surface area contributed by atoms with Crippen molar-refractivity contribution in [1.82, 2.24) is 0 Å². The van der Waals surface area contributed by atoms with Crippen LogP contribution in [-0.2, 0) is 9.59 Å². The third-order valence-corrected chi connectivity index (χ3v) is 5.08. The van der Waals surface area contributed by atoms with E-state index >= 15 is 0 Å². The molecule has 0 aliphatic rings. The number of nitrogens with one attached hydrogen (secondary N) is 1. The van der Waals surface area contributed by atoms with Crippen LogP contribution in [0.15, 0.2) is 42.5 Å². The molecule has 1 atom stereocenters. The number of amides is 2. The molecule has 0 fully saturated rings. The van der Waals surface area contributed by atoms with E-state index in [1.54, 1.807) is 13.8 Å². The van der Waals surface area contributed by atoms with Crippen LogP contribution in [0.2, 0.25) is 0 Å². The summed E-state index contributed by atoms with van der Waals surface area (Å²) >= 11 is 1.19. The van der Waals surface area contributed by atoms with Crippen molar-refractivity contribution in [3.05, 3.63) is 59.7 Å². The summed E-state index contributed by atoms with van der Waals surface area (Å²) in [5.41, 5.74) is 2.08. The minimum Gasteiger partial charge on any atom is -0.325 e. The normalized spacial score (nSPS) is 11.7. The van der Waals surface area contributed by atoms with Crippen molar-refractivity contribution in [3.63, 3.8) is 0 Å². The number of carbonyl (C=O) groups excluding carboxylic acids is 2. The molecule has 0 heterocycles. The summed E-state index contributed by atoms with van der Waals surface area (Å²) < 4.78 is 26.6. The summed E-state index contributed by atoms with van der Waals surface area (Å²) in [6.07, 6.45) is 0. The monoisotopic (exact) mass is 392 g/mol. The highest BCUT2D eigenvalue weighted by molar-refractivity contribution is 8.01. The molecule has 2 aromatic rings. The number of hydrogen-bond donors (Lipinski definition) is 1. The smallest absolute Gasteiger partial charge is 0.239 e. The van der Waals surface area contributed by atoms with Gasteiger partial charge in [-0.05, 0) is 45.0 Å². The van der Waals surface area contributed by atoms with Crippen LogP contribution in [0.3, 0.4) is 0 Å². The van der Waals surface area contributed by atoms with Gasteiger partial charge in [0, 0.05) is 24.0 Å². The number of hydrogen-bond acceptors (Lipinski definition) is 3. The van der Waals surface area contributed by atoms with Crippen LogP contribution in [0.25, 0.3) is 0 Å². The van der Waals surface area contributed by atoms with Crippen LogP contribution in [0.5, 0.6) is 0 Å². The fourth-order valence-corrected chi connectivity index (χ4v) is 3.19. The lowest BCUT2D eigenvalue weighted by molar-refractivity contribution is -0.117. The van der Waals surface area contributed by atoms with Crippen molar-refractivity contribution in [2.75, 3.05) is 22.5 Å². The minimum absolute atomic E-state index is 0.107. The van der Waals surface area contributed by atoms with Gasteiger partial charge >= 0.3 is 0 Å². The highest BCUT2D eigenvalue weighted by atomic mass is 32.2. The molecular weight excluding hydrogens is 370 g/mol. The van der Waals surface area contributed by atoms with E-state index < -0.39 is 16.9 Å². The Morgan fingerprint density at radius 3 is 2.37 bits per heavy atom. The number of nitrogens with zero attached hydrogens (tertiary/aromatic N) is 1. The number of thioether (sulfide) groups is 1. The van der Waals surface area contributed by atoms with Gasteiger partial charge in [0.15, 0.2) is 11.6 Å². The van der Waals surface area contributed by atoms with E-state index in [2.05, 4.69) is 5.32 Å². The lowest BCUT2D eigenvalue weighted by Gasteiger charge is -2.24. The zero-order valence-electron chi connectivity index (χ0n) is 15.5. The topological polar surface area (TPSA) is 49.4 Å². The maximum atomic E-state index is 13.5. The van der Waals surface area contributed by atoms with Crippen molar-refractivity contribution < 1.29 is 18.4 Å². The summed E-state index contributed by atoms with van der Waals surface area (Å²) in [7, 11) is 0. The van der Waals surface area contributed by atoms with Crippen LogP contribution in [0.4, 0.5) is 20.2 Å². The molecule has 0 aliphatic heterocycles. The third-order valence-electron chi connectivity index (χ3n) is 3.94. The van der Waals surface area contributed by atoms with E-state index in [9.17, 15) is 18.4 Å². The van der Waals surface area contributed by atoms with Crippen molar-refractivity contribution in [2.45, 2.75) is 26.0 Å². The first-order valence-corrected chi connectivity index (χ1v) is 9.61. The fraction of sp³-hybridized carbons (Fsp3) is 0.300. The van der Waals surface area contributed by atoms with Crippen LogP contribution in [0, 0.1) is 18.6 Å². The largest absolute Gasteiger partial charge is 0.325 e. The first-order chi connectivity index (χ1) is 12.8. The average Bonchev–Trinajstić information content (AvgIpc) is 2.65. The molecule has 144 valence electrons. The molecule has 0 spiro atoms. The molecule has 0 bridgehead atoms. The van der Waals surface area contributed by atoms with Crippen LogP contribution < -0.4 is 10.2 Å². The van der Waals surface area contributed by atoms with Gasteiger partial charge in [-0.2, -0.15) is 0 Å². The maximum Gasteiger partial charge on any atom is 0.239 e. The lowest BCUT2D eigenvalue weighted by Crippen LogP contribution is -2.37. The van der Waals surface area contributed by atoms with Gasteiger partial charge < -0.3 is 10.2 Å². The molecular formula is C20H22F2N2O2S. The van der Waals surface area contributed by atoms with Crippen molar-refractivity contribution in [2.24, 2.45) is 0 Å². The van der Waals surface area contributed by atoms with E-state index in [1.165, 1.54) is 22.7 Å². The van der Waals surface area contributed by atoms with Gasteiger partial charge in [-0.25, -0.2) is 8.78 Å². The molecule has 0 aromatic heterocycles. The summed E-state index contributed by atoms with van der Waals surface area (Å²) in [6, 6.07) is 10.8. The molecule has 0 saturated carbocycles. The average molecular weight is 392 g/mol. The number of halogens is 2. The summed E-state index contributed by atoms with van der Waals surface area (Å²) in [6.45, 7) is 5.71. The molecule has 0 aliphatic carbocycles. The Morgan fingerprint density at radius 2 is 1.78 bits per heavy atom. The van der Waals surface area contributed by atoms with E-state index in [-0.39, 0.29) is 23.3 Å². The molecule has 1 N–H and O–H groups in total. The van der Waals surface area contributed by atoms with Crippen molar-refractivity contribution >= 4 is 35.0 Å². The Labute approximate surface area is 161 Å². The molecule has 0 radical (unpaired) electrons. The number of anilines is 2. The number of rotatable bonds is 7. The quantitative estimate of drug-likeness (QED) is 0.760. The number of benzene rings is 2. The Bertz CT molecular complexity index is 812. The van der Waals surface area contributed by atoms with Gasteiger partial charge in [-0.1, -0.05) is 17.7 Å². The van der Waals surface area contributed by atoms with E-state index in [1.807, 2.05) is 31.2 Å². The van der Waals surface area contributed by atoms with Crippen LogP contribution in [-0.4, -0.2) is 29.4 Å². The second-order valence-electron chi connectivity index (χ2n) is 6.05. The molecule has 4 nitrogen and oxygen atoms in total. The van der Waals surface area contributed by atoms with Gasteiger partial charge in [0.25, 0.3) is 0 Å². The van der Waals surface area contributed by atoms with E-state index in [0.29, 0.717) is 12.2 Å². The molecule has 7 heteroatoms. The minimum atomic E-state index is -1.00. The van der Waals surface area contributed by atoms with E-state index in [4.69, 9.17) is 0 Å². The zero-order valence-corrected chi connectivity index (χ0v) is 16.3. The molecule has 0 saturated heterocycles. The zero-order chi connectivity index (χ0) is 20.0. The summed E-state index contributed by atoms with van der Waals surface area (Å²) in [4.78, 5) is 26.1. The second kappa shape index (κ2) is 9.50. The molecule has 2 amide bonds. The predicted octanol–water partition coefficient (Wildman–Crippen LogP) is 4.39. The van der Waals surface area contributed by atoms with Gasteiger partial charge in [0.1, 0.15) is 0 Å². The highest BCUT2D eigenvalue weighted by Crippen LogP contribution is 2.22. The second-order valence-corrected chi connectivity index (χ2v) is 7.38. The molecule has 27 heavy (non-hydrogen) atoms. The van der Waals surface area contributed by atoms with Gasteiger partial charge in [-0.15, -0.1) is 11.8 Å². The Hall–Kier alpha value is -2.41. The van der Waals surface area contributed by atoms with Crippen molar-refractivity contribution in [1.29, 1.82) is 0 Å².